The van der Waals surface area contributed by atoms with Crippen LogP contribution in [0.3, 0.4) is 0 Å². The summed E-state index contributed by atoms with van der Waals surface area (Å²) in [5.74, 6) is 0. The van der Waals surface area contributed by atoms with E-state index >= 15 is 0 Å². The van der Waals surface area contributed by atoms with Gasteiger partial charge < -0.3 is 4.74 Å². The molecule has 1 aromatic heterocycles. The lowest BCUT2D eigenvalue weighted by molar-refractivity contribution is -0.704. The van der Waals surface area contributed by atoms with Crippen LogP contribution < -0.4 is 4.57 Å². The first-order valence-electron chi connectivity index (χ1n) is 12.5. The molecule has 3 rings (SSSR count). The van der Waals surface area contributed by atoms with Gasteiger partial charge in [0.05, 0.1) is 13.2 Å². The lowest BCUT2D eigenvalue weighted by atomic mass is 10.1. The molecule has 0 radical (unpaired) electrons. The second-order valence-electron chi connectivity index (χ2n) is 9.02. The Morgan fingerprint density at radius 1 is 0.829 bits per heavy atom. The molecule has 1 heterocycles. The first kappa shape index (κ1) is 28.3. The number of aryl methyl sites for hydroxylation is 1. The van der Waals surface area contributed by atoms with Crippen LogP contribution in [0.4, 0.5) is 0 Å². The van der Waals surface area contributed by atoms with E-state index in [-0.39, 0.29) is 6.10 Å². The van der Waals surface area contributed by atoms with Crippen LogP contribution in [-0.4, -0.2) is 4.57 Å². The summed E-state index contributed by atoms with van der Waals surface area (Å²) < 4.78 is 10.7. The molecule has 35 heavy (non-hydrogen) atoms. The average molecular weight is 557 g/mol. The number of hydrogen-bond acceptors (Lipinski definition) is 1. The van der Waals surface area contributed by atoms with Crippen molar-refractivity contribution in [1.29, 1.82) is 0 Å². The SMILES string of the molecule is CCCCCCCCCCn1cc[n+](CC(OCc2ccc(Cl)cc2Cl)c2ccc(Cl)cc2Cl)c1. The van der Waals surface area contributed by atoms with Crippen LogP contribution in [0, 0.1) is 0 Å². The molecule has 0 fully saturated rings. The molecule has 0 aliphatic heterocycles. The highest BCUT2D eigenvalue weighted by Crippen LogP contribution is 2.31. The molecule has 0 spiro atoms. The molecule has 0 saturated heterocycles. The Balaban J connectivity index is 1.59. The molecule has 2 aromatic carbocycles. The van der Waals surface area contributed by atoms with E-state index < -0.39 is 0 Å². The summed E-state index contributed by atoms with van der Waals surface area (Å²) in [5.41, 5.74) is 1.77. The van der Waals surface area contributed by atoms with E-state index in [1.165, 1.54) is 51.4 Å². The van der Waals surface area contributed by atoms with Gasteiger partial charge in [0.15, 0.2) is 0 Å². The van der Waals surface area contributed by atoms with Gasteiger partial charge in [0.2, 0.25) is 6.33 Å². The summed E-state index contributed by atoms with van der Waals surface area (Å²) in [4.78, 5) is 0. The first-order chi connectivity index (χ1) is 17.0. The molecule has 0 bridgehead atoms. The maximum absolute atomic E-state index is 6.55. The minimum absolute atomic E-state index is 0.268. The van der Waals surface area contributed by atoms with Gasteiger partial charge in [-0.05, 0) is 42.7 Å². The molecule has 3 nitrogen and oxygen atoms in total. The second-order valence-corrected chi connectivity index (χ2v) is 10.7. The molecular weight excluding hydrogens is 522 g/mol. The van der Waals surface area contributed by atoms with Crippen LogP contribution in [0.15, 0.2) is 55.1 Å². The van der Waals surface area contributed by atoms with Gasteiger partial charge in [-0.15, -0.1) is 0 Å². The molecular formula is C28H35Cl4N2O+. The highest BCUT2D eigenvalue weighted by molar-refractivity contribution is 6.35. The summed E-state index contributed by atoms with van der Waals surface area (Å²) >= 11 is 25.1. The fourth-order valence-electron chi connectivity index (χ4n) is 4.13. The second kappa shape index (κ2) is 15.1. The normalized spacial score (nSPS) is 12.3. The summed E-state index contributed by atoms with van der Waals surface area (Å²) in [6, 6.07) is 11.0. The van der Waals surface area contributed by atoms with Crippen molar-refractivity contribution in [2.24, 2.45) is 0 Å². The summed E-state index contributed by atoms with van der Waals surface area (Å²) in [6.07, 6.45) is 16.6. The number of imidazole rings is 1. The quantitative estimate of drug-likeness (QED) is 0.134. The molecule has 0 aliphatic carbocycles. The molecule has 0 amide bonds. The zero-order valence-electron chi connectivity index (χ0n) is 20.4. The number of benzene rings is 2. The third-order valence-corrected chi connectivity index (χ3v) is 7.31. The van der Waals surface area contributed by atoms with Crippen molar-refractivity contribution in [3.8, 4) is 0 Å². The van der Waals surface area contributed by atoms with Crippen molar-refractivity contribution in [2.75, 3.05) is 0 Å². The maximum Gasteiger partial charge on any atom is 0.243 e. The van der Waals surface area contributed by atoms with Gasteiger partial charge in [-0.25, -0.2) is 9.13 Å². The Bertz CT molecular complexity index is 1050. The van der Waals surface area contributed by atoms with E-state index in [1.807, 2.05) is 24.3 Å². The summed E-state index contributed by atoms with van der Waals surface area (Å²) in [7, 11) is 0. The minimum Gasteiger partial charge on any atom is -0.365 e. The molecule has 1 atom stereocenters. The van der Waals surface area contributed by atoms with Crippen molar-refractivity contribution < 1.29 is 9.30 Å². The molecule has 0 saturated carbocycles. The lowest BCUT2D eigenvalue weighted by Crippen LogP contribution is -2.35. The topological polar surface area (TPSA) is 18.0 Å². The van der Waals surface area contributed by atoms with Gasteiger partial charge in [-0.2, -0.15) is 0 Å². The fraction of sp³-hybridized carbons (Fsp3) is 0.464. The Morgan fingerprint density at radius 2 is 1.49 bits per heavy atom. The molecule has 1 unspecified atom stereocenters. The van der Waals surface area contributed by atoms with Gasteiger partial charge in [-0.3, -0.25) is 0 Å². The van der Waals surface area contributed by atoms with Crippen molar-refractivity contribution in [3.63, 3.8) is 0 Å². The lowest BCUT2D eigenvalue weighted by Gasteiger charge is -2.19. The van der Waals surface area contributed by atoms with Gasteiger partial charge in [0.1, 0.15) is 25.0 Å². The van der Waals surface area contributed by atoms with Crippen molar-refractivity contribution >= 4 is 46.4 Å². The highest BCUT2D eigenvalue weighted by Gasteiger charge is 2.20. The van der Waals surface area contributed by atoms with Gasteiger partial charge in [0, 0.05) is 25.7 Å². The smallest absolute Gasteiger partial charge is 0.243 e. The number of ether oxygens (including phenoxy) is 1. The van der Waals surface area contributed by atoms with Crippen molar-refractivity contribution in [2.45, 2.75) is 84.1 Å². The number of rotatable bonds is 15. The first-order valence-corrected chi connectivity index (χ1v) is 14.0. The summed E-state index contributed by atoms with van der Waals surface area (Å²) in [6.45, 7) is 4.25. The number of halogens is 4. The molecule has 190 valence electrons. The highest BCUT2D eigenvalue weighted by atomic mass is 35.5. The standard InChI is InChI=1S/C28H35Cl4N2O/c1-2-3-4-5-6-7-8-9-14-33-15-16-34(21-33)19-28(25-13-12-24(30)18-27(25)32)35-20-22-10-11-23(29)17-26(22)31/h10-13,15-18,21,28H,2-9,14,19-20H2,1H3/q+1. The number of aromatic nitrogens is 2. The Morgan fingerprint density at radius 3 is 2.17 bits per heavy atom. The van der Waals surface area contributed by atoms with Gasteiger partial charge in [-0.1, -0.05) is 104 Å². The predicted octanol–water partition coefficient (Wildman–Crippen LogP) is 9.49. The van der Waals surface area contributed by atoms with Crippen molar-refractivity contribution in [3.05, 3.63) is 86.3 Å². The Kier molecular flexibility index (Phi) is 12.2. The van der Waals surface area contributed by atoms with Gasteiger partial charge in [0.25, 0.3) is 0 Å². The zero-order valence-corrected chi connectivity index (χ0v) is 23.4. The van der Waals surface area contributed by atoms with E-state index in [9.17, 15) is 0 Å². The van der Waals surface area contributed by atoms with Crippen LogP contribution in [0.5, 0.6) is 0 Å². The molecule has 3 aromatic rings. The molecule has 0 N–H and O–H groups in total. The third kappa shape index (κ3) is 9.63. The predicted molar refractivity (Wildman–Crippen MR) is 148 cm³/mol. The average Bonchev–Trinajstić information content (AvgIpc) is 3.27. The van der Waals surface area contributed by atoms with Crippen LogP contribution in [-0.2, 0) is 24.4 Å². The largest absolute Gasteiger partial charge is 0.365 e. The molecule has 0 aliphatic rings. The van der Waals surface area contributed by atoms with Crippen LogP contribution in [0.1, 0.15) is 75.5 Å². The minimum atomic E-state index is -0.268. The van der Waals surface area contributed by atoms with E-state index in [0.717, 1.165) is 17.7 Å². The van der Waals surface area contributed by atoms with E-state index in [2.05, 4.69) is 34.8 Å². The number of unbranched alkanes of at least 4 members (excludes halogenated alkanes) is 7. The fourth-order valence-corrected chi connectivity index (χ4v) is 5.12. The van der Waals surface area contributed by atoms with E-state index in [4.69, 9.17) is 51.1 Å². The van der Waals surface area contributed by atoms with Crippen LogP contribution in [0.25, 0.3) is 0 Å². The van der Waals surface area contributed by atoms with Crippen molar-refractivity contribution in [1.82, 2.24) is 4.57 Å². The van der Waals surface area contributed by atoms with Gasteiger partial charge >= 0.3 is 0 Å². The Hall–Kier alpha value is -1.23. The number of hydrogen-bond donors (Lipinski definition) is 0. The maximum atomic E-state index is 6.55. The Labute approximate surface area is 229 Å². The zero-order chi connectivity index (χ0) is 25.0. The number of nitrogens with zero attached hydrogens (tertiary/aromatic N) is 2. The van der Waals surface area contributed by atoms with E-state index in [0.29, 0.717) is 33.2 Å². The van der Waals surface area contributed by atoms with Crippen LogP contribution >= 0.6 is 46.4 Å². The van der Waals surface area contributed by atoms with E-state index in [1.54, 1.807) is 12.1 Å². The monoisotopic (exact) mass is 555 g/mol. The summed E-state index contributed by atoms with van der Waals surface area (Å²) in [5, 5.41) is 2.37. The van der Waals surface area contributed by atoms with Crippen LogP contribution in [0.2, 0.25) is 20.1 Å². The third-order valence-electron chi connectivity index (χ3n) is 6.16. The molecule has 7 heteroatoms.